The number of hydrogen-bond acceptors (Lipinski definition) is 6. The van der Waals surface area contributed by atoms with Crippen molar-refractivity contribution in [2.75, 3.05) is 24.7 Å². The number of aromatic nitrogens is 1. The normalized spacial score (nSPS) is 11.1. The van der Waals surface area contributed by atoms with E-state index < -0.39 is 9.84 Å². The Kier molecular flexibility index (Phi) is 4.77. The van der Waals surface area contributed by atoms with Crippen LogP contribution < -0.4 is 15.8 Å². The van der Waals surface area contributed by atoms with Crippen molar-refractivity contribution >= 4 is 21.3 Å². The van der Waals surface area contributed by atoms with Crippen molar-refractivity contribution in [3.8, 4) is 5.75 Å². The van der Waals surface area contributed by atoms with Crippen molar-refractivity contribution < 1.29 is 13.2 Å². The Labute approximate surface area is 123 Å². The third kappa shape index (κ3) is 4.17. The minimum Gasteiger partial charge on any atom is -0.492 e. The standard InChI is InChI=1S/C14H17N3O3S/c1-21(18,19)13-6-3-8-16-14(13)17-11-4-2-5-12(10-11)20-9-7-15/h2-6,8,10H,7,9,15H2,1H3,(H,16,17). The summed E-state index contributed by atoms with van der Waals surface area (Å²) in [6, 6.07) is 10.3. The van der Waals surface area contributed by atoms with E-state index in [1.54, 1.807) is 30.3 Å². The number of nitrogens with zero attached hydrogens (tertiary/aromatic N) is 1. The molecule has 6 nitrogen and oxygen atoms in total. The molecule has 3 N–H and O–H groups in total. The highest BCUT2D eigenvalue weighted by Gasteiger charge is 2.14. The summed E-state index contributed by atoms with van der Waals surface area (Å²) in [5.74, 6) is 0.943. The van der Waals surface area contributed by atoms with Crippen molar-refractivity contribution in [2.45, 2.75) is 4.90 Å². The summed E-state index contributed by atoms with van der Waals surface area (Å²) in [5, 5.41) is 2.99. The number of rotatable bonds is 6. The number of ether oxygens (including phenoxy) is 1. The molecule has 1 aromatic heterocycles. The van der Waals surface area contributed by atoms with Crippen LogP contribution in [0.25, 0.3) is 0 Å². The first kappa shape index (κ1) is 15.3. The Balaban J connectivity index is 2.27. The molecule has 0 amide bonds. The number of hydrogen-bond donors (Lipinski definition) is 2. The molecule has 1 aromatic carbocycles. The van der Waals surface area contributed by atoms with Gasteiger partial charge in [-0.25, -0.2) is 13.4 Å². The van der Waals surface area contributed by atoms with E-state index in [-0.39, 0.29) is 10.7 Å². The van der Waals surface area contributed by atoms with Crippen LogP contribution in [0.2, 0.25) is 0 Å². The lowest BCUT2D eigenvalue weighted by Gasteiger charge is -2.11. The number of sulfone groups is 1. The summed E-state index contributed by atoms with van der Waals surface area (Å²) in [4.78, 5) is 4.23. The van der Waals surface area contributed by atoms with E-state index in [2.05, 4.69) is 10.3 Å². The zero-order valence-electron chi connectivity index (χ0n) is 11.6. The van der Waals surface area contributed by atoms with Gasteiger partial charge in [0.05, 0.1) is 0 Å². The molecular weight excluding hydrogens is 290 g/mol. The molecule has 21 heavy (non-hydrogen) atoms. The molecule has 0 bridgehead atoms. The molecule has 2 rings (SSSR count). The van der Waals surface area contributed by atoms with Crippen LogP contribution in [-0.2, 0) is 9.84 Å². The van der Waals surface area contributed by atoms with E-state index in [0.29, 0.717) is 24.6 Å². The largest absolute Gasteiger partial charge is 0.492 e. The second kappa shape index (κ2) is 6.55. The first-order chi connectivity index (χ1) is 10.0. The highest BCUT2D eigenvalue weighted by Crippen LogP contribution is 2.24. The van der Waals surface area contributed by atoms with Gasteiger partial charge in [0.15, 0.2) is 9.84 Å². The van der Waals surface area contributed by atoms with Gasteiger partial charge in [-0.3, -0.25) is 0 Å². The molecule has 112 valence electrons. The number of pyridine rings is 1. The van der Waals surface area contributed by atoms with Crippen molar-refractivity contribution in [3.63, 3.8) is 0 Å². The van der Waals surface area contributed by atoms with Crippen LogP contribution >= 0.6 is 0 Å². The maximum atomic E-state index is 11.7. The van der Waals surface area contributed by atoms with Crippen LogP contribution in [0, 0.1) is 0 Å². The molecule has 0 saturated carbocycles. The minimum atomic E-state index is -3.35. The van der Waals surface area contributed by atoms with Crippen molar-refractivity contribution in [2.24, 2.45) is 5.73 Å². The molecule has 0 aliphatic heterocycles. The van der Waals surface area contributed by atoms with Crippen molar-refractivity contribution in [3.05, 3.63) is 42.6 Å². The summed E-state index contributed by atoms with van der Waals surface area (Å²) in [6.07, 6.45) is 2.68. The summed E-state index contributed by atoms with van der Waals surface area (Å²) in [5.41, 5.74) is 6.08. The Hall–Kier alpha value is -2.12. The lowest BCUT2D eigenvalue weighted by atomic mass is 10.3. The maximum absolute atomic E-state index is 11.7. The van der Waals surface area contributed by atoms with Crippen LogP contribution in [0.3, 0.4) is 0 Å². The maximum Gasteiger partial charge on any atom is 0.179 e. The van der Waals surface area contributed by atoms with Gasteiger partial charge in [-0.2, -0.15) is 0 Å². The number of benzene rings is 1. The summed E-state index contributed by atoms with van der Waals surface area (Å²) in [7, 11) is -3.35. The number of nitrogens with two attached hydrogens (primary N) is 1. The van der Waals surface area contributed by atoms with Gasteiger partial charge in [0.2, 0.25) is 0 Å². The average Bonchev–Trinajstić information content (AvgIpc) is 2.45. The molecule has 7 heteroatoms. The van der Waals surface area contributed by atoms with Crippen molar-refractivity contribution in [1.29, 1.82) is 0 Å². The molecule has 0 fully saturated rings. The second-order valence-electron chi connectivity index (χ2n) is 4.41. The Morgan fingerprint density at radius 2 is 2.10 bits per heavy atom. The van der Waals surface area contributed by atoms with Gasteiger partial charge in [-0.15, -0.1) is 0 Å². The van der Waals surface area contributed by atoms with Gasteiger partial charge in [0.25, 0.3) is 0 Å². The SMILES string of the molecule is CS(=O)(=O)c1cccnc1Nc1cccc(OCCN)c1. The van der Waals surface area contributed by atoms with E-state index in [9.17, 15) is 8.42 Å². The van der Waals surface area contributed by atoms with E-state index in [1.165, 1.54) is 12.3 Å². The van der Waals surface area contributed by atoms with Gasteiger partial charge >= 0.3 is 0 Å². The quantitative estimate of drug-likeness (QED) is 0.841. The van der Waals surface area contributed by atoms with E-state index >= 15 is 0 Å². The molecule has 1 heterocycles. The molecule has 0 aliphatic carbocycles. The molecule has 0 atom stereocenters. The monoisotopic (exact) mass is 307 g/mol. The van der Waals surface area contributed by atoms with Crippen LogP contribution in [0.15, 0.2) is 47.5 Å². The second-order valence-corrected chi connectivity index (χ2v) is 6.40. The van der Waals surface area contributed by atoms with Gasteiger partial charge in [0.1, 0.15) is 23.1 Å². The van der Waals surface area contributed by atoms with Gasteiger partial charge in [-0.1, -0.05) is 6.07 Å². The number of anilines is 2. The Morgan fingerprint density at radius 1 is 1.29 bits per heavy atom. The fourth-order valence-electron chi connectivity index (χ4n) is 1.76. The third-order valence-electron chi connectivity index (χ3n) is 2.65. The highest BCUT2D eigenvalue weighted by atomic mass is 32.2. The van der Waals surface area contributed by atoms with Crippen LogP contribution in [0.4, 0.5) is 11.5 Å². The van der Waals surface area contributed by atoms with E-state index in [1.807, 2.05) is 0 Å². The van der Waals surface area contributed by atoms with Gasteiger partial charge in [0, 0.05) is 30.8 Å². The smallest absolute Gasteiger partial charge is 0.179 e. The van der Waals surface area contributed by atoms with Crippen LogP contribution in [-0.4, -0.2) is 32.8 Å². The van der Waals surface area contributed by atoms with Gasteiger partial charge < -0.3 is 15.8 Å². The first-order valence-electron chi connectivity index (χ1n) is 6.36. The number of nitrogens with one attached hydrogen (secondary N) is 1. The van der Waals surface area contributed by atoms with Gasteiger partial charge in [-0.05, 0) is 24.3 Å². The molecule has 0 unspecified atom stereocenters. The fourth-order valence-corrected chi connectivity index (χ4v) is 2.54. The molecule has 2 aromatic rings. The van der Waals surface area contributed by atoms with E-state index in [0.717, 1.165) is 6.26 Å². The molecule has 0 aliphatic rings. The zero-order chi connectivity index (χ0) is 15.3. The molecule has 0 saturated heterocycles. The highest BCUT2D eigenvalue weighted by molar-refractivity contribution is 7.90. The summed E-state index contributed by atoms with van der Waals surface area (Å²) in [6.45, 7) is 0.845. The first-order valence-corrected chi connectivity index (χ1v) is 8.25. The molecule has 0 radical (unpaired) electrons. The molecular formula is C14H17N3O3S. The third-order valence-corrected chi connectivity index (χ3v) is 3.78. The van der Waals surface area contributed by atoms with Crippen molar-refractivity contribution in [1.82, 2.24) is 4.98 Å². The zero-order valence-corrected chi connectivity index (χ0v) is 12.4. The minimum absolute atomic E-state index is 0.151. The lowest BCUT2D eigenvalue weighted by molar-refractivity contribution is 0.328. The Morgan fingerprint density at radius 3 is 2.81 bits per heavy atom. The fraction of sp³-hybridized carbons (Fsp3) is 0.214. The van der Waals surface area contributed by atoms with Crippen LogP contribution in [0.1, 0.15) is 0 Å². The lowest BCUT2D eigenvalue weighted by Crippen LogP contribution is -2.10. The summed E-state index contributed by atoms with van der Waals surface area (Å²) < 4.78 is 28.9. The van der Waals surface area contributed by atoms with Crippen LogP contribution in [0.5, 0.6) is 5.75 Å². The molecule has 0 spiro atoms. The predicted octanol–water partition coefficient (Wildman–Crippen LogP) is 1.57. The topological polar surface area (TPSA) is 94.3 Å². The predicted molar refractivity (Wildman–Crippen MR) is 81.6 cm³/mol. The Bertz CT molecular complexity index is 717. The average molecular weight is 307 g/mol. The van der Waals surface area contributed by atoms with E-state index in [4.69, 9.17) is 10.5 Å². The summed E-state index contributed by atoms with van der Waals surface area (Å²) >= 11 is 0.